The van der Waals surface area contributed by atoms with Crippen molar-refractivity contribution in [1.29, 1.82) is 5.26 Å². The number of rotatable bonds is 2. The van der Waals surface area contributed by atoms with Crippen molar-refractivity contribution in [1.82, 2.24) is 5.32 Å². The van der Waals surface area contributed by atoms with Crippen LogP contribution < -0.4 is 11.1 Å². The first kappa shape index (κ1) is 11.9. The molecular weight excluding hydrogens is 166 g/mol. The van der Waals surface area contributed by atoms with Gasteiger partial charge in [0, 0.05) is 0 Å². The lowest BCUT2D eigenvalue weighted by Crippen LogP contribution is -2.50. The molecule has 0 aromatic carbocycles. The minimum Gasteiger partial charge on any atom is -0.339 e. The zero-order chi connectivity index (χ0) is 10.6. The Morgan fingerprint density at radius 3 is 2.31 bits per heavy atom. The van der Waals surface area contributed by atoms with Gasteiger partial charge in [-0.25, -0.2) is 0 Å². The average molecular weight is 183 g/mol. The third-order valence-corrected chi connectivity index (χ3v) is 1.77. The van der Waals surface area contributed by atoms with Crippen LogP contribution in [0.5, 0.6) is 0 Å². The quantitative estimate of drug-likeness (QED) is 0.650. The van der Waals surface area contributed by atoms with Crippen LogP contribution in [0, 0.1) is 16.7 Å². The summed E-state index contributed by atoms with van der Waals surface area (Å²) in [6, 6.07) is 0.849. The minimum atomic E-state index is -0.580. The summed E-state index contributed by atoms with van der Waals surface area (Å²) in [6.07, 6.45) is 0. The molecule has 4 heteroatoms. The maximum absolute atomic E-state index is 11.4. The number of amides is 1. The monoisotopic (exact) mass is 183 g/mol. The lowest BCUT2D eigenvalue weighted by molar-refractivity contribution is -0.124. The highest BCUT2D eigenvalue weighted by atomic mass is 16.2. The van der Waals surface area contributed by atoms with Gasteiger partial charge in [0.25, 0.3) is 0 Å². The Labute approximate surface area is 79.1 Å². The fraction of sp³-hybridized carbons (Fsp3) is 0.778. The van der Waals surface area contributed by atoms with E-state index >= 15 is 0 Å². The summed E-state index contributed by atoms with van der Waals surface area (Å²) >= 11 is 0. The molecular formula is C9H17N3O. The molecule has 0 aromatic rings. The molecule has 0 heterocycles. The topological polar surface area (TPSA) is 78.9 Å². The van der Waals surface area contributed by atoms with Crippen molar-refractivity contribution < 1.29 is 4.79 Å². The molecule has 0 saturated heterocycles. The van der Waals surface area contributed by atoms with Crippen LogP contribution in [-0.4, -0.2) is 18.0 Å². The van der Waals surface area contributed by atoms with E-state index in [1.807, 2.05) is 26.8 Å². The predicted molar refractivity (Wildman–Crippen MR) is 50.6 cm³/mol. The Morgan fingerprint density at radius 1 is 1.54 bits per heavy atom. The molecule has 0 aliphatic carbocycles. The van der Waals surface area contributed by atoms with Gasteiger partial charge in [0.2, 0.25) is 5.91 Å². The van der Waals surface area contributed by atoms with Crippen LogP contribution >= 0.6 is 0 Å². The number of carbonyl (C=O) groups excluding carboxylic acids is 1. The van der Waals surface area contributed by atoms with E-state index in [9.17, 15) is 4.79 Å². The number of nitriles is 1. The summed E-state index contributed by atoms with van der Waals surface area (Å²) in [4.78, 5) is 11.4. The van der Waals surface area contributed by atoms with Gasteiger partial charge in [-0.05, 0) is 12.3 Å². The summed E-state index contributed by atoms with van der Waals surface area (Å²) in [5.41, 5.74) is 5.40. The van der Waals surface area contributed by atoms with Crippen LogP contribution in [0.25, 0.3) is 0 Å². The standard InChI is InChI=1S/C9H17N3O/c1-6(5-10)12-8(13)7(11)9(2,3)4/h6-7H,11H2,1-4H3,(H,12,13). The molecule has 0 spiro atoms. The van der Waals surface area contributed by atoms with E-state index in [0.717, 1.165) is 0 Å². The molecule has 0 radical (unpaired) electrons. The molecule has 0 aliphatic heterocycles. The summed E-state index contributed by atoms with van der Waals surface area (Å²) < 4.78 is 0. The van der Waals surface area contributed by atoms with E-state index in [4.69, 9.17) is 11.0 Å². The Kier molecular flexibility index (Phi) is 3.89. The Hall–Kier alpha value is -1.08. The first-order valence-electron chi connectivity index (χ1n) is 4.24. The minimum absolute atomic E-state index is 0.276. The van der Waals surface area contributed by atoms with Crippen LogP contribution in [0.15, 0.2) is 0 Å². The van der Waals surface area contributed by atoms with Crippen LogP contribution in [0.4, 0.5) is 0 Å². The summed E-state index contributed by atoms with van der Waals surface area (Å²) in [5.74, 6) is -0.276. The molecule has 1 amide bonds. The molecule has 13 heavy (non-hydrogen) atoms. The lowest BCUT2D eigenvalue weighted by Gasteiger charge is -2.26. The second-order valence-corrected chi connectivity index (χ2v) is 4.20. The normalized spacial score (nSPS) is 15.7. The van der Waals surface area contributed by atoms with Crippen molar-refractivity contribution in [2.75, 3.05) is 0 Å². The maximum atomic E-state index is 11.4. The van der Waals surface area contributed by atoms with Crippen LogP contribution in [0.2, 0.25) is 0 Å². The maximum Gasteiger partial charge on any atom is 0.238 e. The van der Waals surface area contributed by atoms with Gasteiger partial charge in [-0.2, -0.15) is 5.26 Å². The van der Waals surface area contributed by atoms with E-state index in [0.29, 0.717) is 0 Å². The molecule has 2 unspecified atom stereocenters. The second kappa shape index (κ2) is 4.24. The number of nitrogens with zero attached hydrogens (tertiary/aromatic N) is 1. The first-order chi connectivity index (χ1) is 5.79. The van der Waals surface area contributed by atoms with Crippen LogP contribution in [0.1, 0.15) is 27.7 Å². The zero-order valence-corrected chi connectivity index (χ0v) is 8.59. The average Bonchev–Trinajstić information content (AvgIpc) is 2.01. The molecule has 3 N–H and O–H groups in total. The summed E-state index contributed by atoms with van der Waals surface area (Å²) in [7, 11) is 0. The molecule has 0 saturated carbocycles. The summed E-state index contributed by atoms with van der Waals surface area (Å²) in [5, 5.41) is 11.0. The number of nitrogens with two attached hydrogens (primary N) is 1. The SMILES string of the molecule is CC(C#N)NC(=O)C(N)C(C)(C)C. The van der Waals surface area contributed by atoms with E-state index < -0.39 is 12.1 Å². The largest absolute Gasteiger partial charge is 0.339 e. The van der Waals surface area contributed by atoms with Crippen molar-refractivity contribution >= 4 is 5.91 Å². The third kappa shape index (κ3) is 3.90. The van der Waals surface area contributed by atoms with Gasteiger partial charge in [-0.3, -0.25) is 4.79 Å². The van der Waals surface area contributed by atoms with Crippen molar-refractivity contribution in [3.63, 3.8) is 0 Å². The highest BCUT2D eigenvalue weighted by Crippen LogP contribution is 2.17. The van der Waals surface area contributed by atoms with Crippen molar-refractivity contribution in [2.45, 2.75) is 39.8 Å². The van der Waals surface area contributed by atoms with Crippen molar-refractivity contribution in [3.05, 3.63) is 0 Å². The summed E-state index contributed by atoms with van der Waals surface area (Å²) in [6.45, 7) is 7.27. The van der Waals surface area contributed by atoms with Gasteiger partial charge >= 0.3 is 0 Å². The zero-order valence-electron chi connectivity index (χ0n) is 8.59. The smallest absolute Gasteiger partial charge is 0.238 e. The predicted octanol–water partition coefficient (Wildman–Crippen LogP) is 0.388. The number of hydrogen-bond donors (Lipinski definition) is 2. The molecule has 4 nitrogen and oxygen atoms in total. The Morgan fingerprint density at radius 2 is 2.00 bits per heavy atom. The number of nitrogens with one attached hydrogen (secondary N) is 1. The van der Waals surface area contributed by atoms with E-state index in [-0.39, 0.29) is 11.3 Å². The van der Waals surface area contributed by atoms with E-state index in [1.54, 1.807) is 6.92 Å². The molecule has 0 fully saturated rings. The molecule has 0 rings (SSSR count). The third-order valence-electron chi connectivity index (χ3n) is 1.77. The highest BCUT2D eigenvalue weighted by molar-refractivity contribution is 5.82. The first-order valence-corrected chi connectivity index (χ1v) is 4.24. The Bertz CT molecular complexity index is 224. The van der Waals surface area contributed by atoms with Gasteiger partial charge < -0.3 is 11.1 Å². The Balaban J connectivity index is 4.22. The second-order valence-electron chi connectivity index (χ2n) is 4.20. The van der Waals surface area contributed by atoms with Crippen molar-refractivity contribution in [3.8, 4) is 6.07 Å². The van der Waals surface area contributed by atoms with E-state index in [2.05, 4.69) is 5.32 Å². The van der Waals surface area contributed by atoms with Gasteiger partial charge in [0.1, 0.15) is 6.04 Å². The molecule has 2 atom stereocenters. The van der Waals surface area contributed by atoms with Gasteiger partial charge in [0.05, 0.1) is 12.1 Å². The molecule has 74 valence electrons. The van der Waals surface area contributed by atoms with Crippen LogP contribution in [-0.2, 0) is 4.79 Å². The molecule has 0 bridgehead atoms. The lowest BCUT2D eigenvalue weighted by atomic mass is 9.87. The van der Waals surface area contributed by atoms with Crippen molar-refractivity contribution in [2.24, 2.45) is 11.1 Å². The molecule has 0 aliphatic rings. The highest BCUT2D eigenvalue weighted by Gasteiger charge is 2.27. The van der Waals surface area contributed by atoms with Crippen LogP contribution in [0.3, 0.4) is 0 Å². The number of hydrogen-bond acceptors (Lipinski definition) is 3. The van der Waals surface area contributed by atoms with E-state index in [1.165, 1.54) is 0 Å². The number of carbonyl (C=O) groups is 1. The van der Waals surface area contributed by atoms with Gasteiger partial charge in [0.15, 0.2) is 0 Å². The fourth-order valence-corrected chi connectivity index (χ4v) is 0.729. The van der Waals surface area contributed by atoms with Gasteiger partial charge in [-0.15, -0.1) is 0 Å². The fourth-order valence-electron chi connectivity index (χ4n) is 0.729. The molecule has 0 aromatic heterocycles. The van der Waals surface area contributed by atoms with Gasteiger partial charge in [-0.1, -0.05) is 20.8 Å².